The van der Waals surface area contributed by atoms with Gasteiger partial charge >= 0.3 is 5.97 Å². The predicted octanol–water partition coefficient (Wildman–Crippen LogP) is 2.83. The van der Waals surface area contributed by atoms with Gasteiger partial charge in [-0.2, -0.15) is 0 Å². The summed E-state index contributed by atoms with van der Waals surface area (Å²) in [4.78, 5) is 13.1. The van der Waals surface area contributed by atoms with Crippen molar-refractivity contribution in [3.05, 3.63) is 34.3 Å². The van der Waals surface area contributed by atoms with Crippen molar-refractivity contribution < 1.29 is 9.53 Å². The highest BCUT2D eigenvalue weighted by atomic mass is 79.9. The molecule has 0 amide bonds. The minimum atomic E-state index is -0.137. The van der Waals surface area contributed by atoms with Crippen molar-refractivity contribution in [3.8, 4) is 0 Å². The average molecular weight is 300 g/mol. The molecule has 0 spiro atoms. The molecular weight excluding hydrogens is 282 g/mol. The van der Waals surface area contributed by atoms with Gasteiger partial charge in [-0.3, -0.25) is 4.79 Å². The fourth-order valence-corrected chi connectivity index (χ4v) is 1.84. The topological polar surface area (TPSA) is 29.5 Å². The van der Waals surface area contributed by atoms with Gasteiger partial charge in [-0.1, -0.05) is 28.1 Å². The van der Waals surface area contributed by atoms with E-state index in [2.05, 4.69) is 44.7 Å². The van der Waals surface area contributed by atoms with E-state index in [-0.39, 0.29) is 5.97 Å². The van der Waals surface area contributed by atoms with Crippen LogP contribution in [0, 0.1) is 0 Å². The zero-order chi connectivity index (χ0) is 12.7. The quantitative estimate of drug-likeness (QED) is 0.757. The summed E-state index contributed by atoms with van der Waals surface area (Å²) in [5.41, 5.74) is 1.27. The number of hydrogen-bond donors (Lipinski definition) is 0. The molecule has 0 N–H and O–H groups in total. The second kappa shape index (κ2) is 7.45. The van der Waals surface area contributed by atoms with E-state index < -0.39 is 0 Å². The third-order valence-electron chi connectivity index (χ3n) is 2.51. The maximum absolute atomic E-state index is 10.9. The van der Waals surface area contributed by atoms with Crippen molar-refractivity contribution in [1.29, 1.82) is 0 Å². The van der Waals surface area contributed by atoms with Crippen molar-refractivity contribution in [2.45, 2.75) is 19.4 Å². The van der Waals surface area contributed by atoms with Crippen LogP contribution in [0.2, 0.25) is 0 Å². The molecule has 0 aromatic heterocycles. The molecule has 1 rings (SSSR count). The van der Waals surface area contributed by atoms with E-state index in [0.717, 1.165) is 24.0 Å². The maximum atomic E-state index is 10.9. The first-order valence-electron chi connectivity index (χ1n) is 5.61. The first-order chi connectivity index (χ1) is 8.11. The molecule has 0 heterocycles. The summed E-state index contributed by atoms with van der Waals surface area (Å²) in [6.07, 6.45) is 1.32. The van der Waals surface area contributed by atoms with Crippen LogP contribution in [0.1, 0.15) is 18.4 Å². The lowest BCUT2D eigenvalue weighted by Gasteiger charge is -2.16. The lowest BCUT2D eigenvalue weighted by molar-refractivity contribution is -0.140. The van der Waals surface area contributed by atoms with Gasteiger partial charge in [0.05, 0.1) is 7.11 Å². The Labute approximate surface area is 111 Å². The standard InChI is InChI=1S/C13H18BrNO2/c1-15(9-3-4-13(16)17-2)10-11-5-7-12(14)8-6-11/h5-8H,3-4,9-10H2,1-2H3. The molecule has 1 aromatic carbocycles. The van der Waals surface area contributed by atoms with E-state index >= 15 is 0 Å². The third-order valence-corrected chi connectivity index (χ3v) is 3.04. The molecule has 0 aliphatic rings. The fraction of sp³-hybridized carbons (Fsp3) is 0.462. The smallest absolute Gasteiger partial charge is 0.305 e. The molecule has 0 aliphatic heterocycles. The highest BCUT2D eigenvalue weighted by molar-refractivity contribution is 9.10. The van der Waals surface area contributed by atoms with Crippen molar-refractivity contribution in [2.24, 2.45) is 0 Å². The number of carbonyl (C=O) groups is 1. The molecule has 0 unspecified atom stereocenters. The molecule has 0 saturated carbocycles. The van der Waals surface area contributed by atoms with Gasteiger partial charge in [-0.15, -0.1) is 0 Å². The van der Waals surface area contributed by atoms with Crippen LogP contribution < -0.4 is 0 Å². The number of hydrogen-bond acceptors (Lipinski definition) is 3. The van der Waals surface area contributed by atoms with Crippen LogP contribution in [0.3, 0.4) is 0 Å². The molecular formula is C13H18BrNO2. The van der Waals surface area contributed by atoms with E-state index in [9.17, 15) is 4.79 Å². The highest BCUT2D eigenvalue weighted by Crippen LogP contribution is 2.11. The molecule has 17 heavy (non-hydrogen) atoms. The van der Waals surface area contributed by atoms with Gasteiger partial charge in [-0.25, -0.2) is 0 Å². The molecule has 0 radical (unpaired) electrons. The minimum absolute atomic E-state index is 0.137. The minimum Gasteiger partial charge on any atom is -0.469 e. The van der Waals surface area contributed by atoms with E-state index in [0.29, 0.717) is 6.42 Å². The number of ether oxygens (including phenoxy) is 1. The SMILES string of the molecule is COC(=O)CCCN(C)Cc1ccc(Br)cc1. The van der Waals surface area contributed by atoms with Gasteiger partial charge in [0.15, 0.2) is 0 Å². The van der Waals surface area contributed by atoms with Crippen molar-refractivity contribution in [3.63, 3.8) is 0 Å². The Kier molecular flexibility index (Phi) is 6.22. The molecule has 1 aromatic rings. The van der Waals surface area contributed by atoms with Gasteiger partial charge in [0.2, 0.25) is 0 Å². The lowest BCUT2D eigenvalue weighted by Crippen LogP contribution is -2.20. The Hall–Kier alpha value is -0.870. The third kappa shape index (κ3) is 5.84. The van der Waals surface area contributed by atoms with Gasteiger partial charge in [0, 0.05) is 17.4 Å². The fourth-order valence-electron chi connectivity index (χ4n) is 1.58. The maximum Gasteiger partial charge on any atom is 0.305 e. The van der Waals surface area contributed by atoms with E-state index in [1.54, 1.807) is 0 Å². The van der Waals surface area contributed by atoms with E-state index in [1.165, 1.54) is 12.7 Å². The van der Waals surface area contributed by atoms with Gasteiger partial charge in [0.25, 0.3) is 0 Å². The Bertz CT molecular complexity index is 351. The number of benzene rings is 1. The average Bonchev–Trinajstić information content (AvgIpc) is 2.32. The highest BCUT2D eigenvalue weighted by Gasteiger charge is 2.03. The molecule has 0 saturated heterocycles. The number of esters is 1. The van der Waals surface area contributed by atoms with Crippen LogP contribution in [0.5, 0.6) is 0 Å². The molecule has 3 nitrogen and oxygen atoms in total. The van der Waals surface area contributed by atoms with Crippen LogP contribution in [-0.2, 0) is 16.1 Å². The summed E-state index contributed by atoms with van der Waals surface area (Å²) >= 11 is 3.41. The first kappa shape index (κ1) is 14.2. The number of nitrogens with zero attached hydrogens (tertiary/aromatic N) is 1. The van der Waals surface area contributed by atoms with Gasteiger partial charge < -0.3 is 9.64 Å². The molecule has 0 atom stereocenters. The summed E-state index contributed by atoms with van der Waals surface area (Å²) in [5, 5.41) is 0. The monoisotopic (exact) mass is 299 g/mol. The normalized spacial score (nSPS) is 10.6. The van der Waals surface area contributed by atoms with Crippen LogP contribution in [0.15, 0.2) is 28.7 Å². The van der Waals surface area contributed by atoms with Crippen molar-refractivity contribution >= 4 is 21.9 Å². The summed E-state index contributed by atoms with van der Waals surface area (Å²) < 4.78 is 5.69. The second-order valence-corrected chi connectivity index (χ2v) is 4.96. The summed E-state index contributed by atoms with van der Waals surface area (Å²) in [5.74, 6) is -0.137. The Morgan fingerprint density at radius 1 is 1.35 bits per heavy atom. The van der Waals surface area contributed by atoms with E-state index in [1.807, 2.05) is 12.1 Å². The summed E-state index contributed by atoms with van der Waals surface area (Å²) in [6.45, 7) is 1.79. The number of carbonyl (C=O) groups excluding carboxylic acids is 1. The zero-order valence-electron chi connectivity index (χ0n) is 10.3. The molecule has 0 fully saturated rings. The van der Waals surface area contributed by atoms with Crippen LogP contribution in [0.4, 0.5) is 0 Å². The molecule has 4 heteroatoms. The van der Waals surface area contributed by atoms with Crippen LogP contribution >= 0.6 is 15.9 Å². The van der Waals surface area contributed by atoms with Crippen LogP contribution in [0.25, 0.3) is 0 Å². The largest absolute Gasteiger partial charge is 0.469 e. The molecule has 0 bridgehead atoms. The number of halogens is 1. The summed E-state index contributed by atoms with van der Waals surface area (Å²) in [7, 11) is 3.48. The van der Waals surface area contributed by atoms with E-state index in [4.69, 9.17) is 0 Å². The number of rotatable bonds is 6. The first-order valence-corrected chi connectivity index (χ1v) is 6.41. The molecule has 0 aliphatic carbocycles. The lowest BCUT2D eigenvalue weighted by atomic mass is 10.2. The molecule has 94 valence electrons. The predicted molar refractivity (Wildman–Crippen MR) is 71.7 cm³/mol. The van der Waals surface area contributed by atoms with Crippen molar-refractivity contribution in [2.75, 3.05) is 20.7 Å². The zero-order valence-corrected chi connectivity index (χ0v) is 11.9. The summed E-state index contributed by atoms with van der Waals surface area (Å²) in [6, 6.07) is 8.27. The Morgan fingerprint density at radius 3 is 2.59 bits per heavy atom. The van der Waals surface area contributed by atoms with Gasteiger partial charge in [0.1, 0.15) is 0 Å². The van der Waals surface area contributed by atoms with Crippen molar-refractivity contribution in [1.82, 2.24) is 4.90 Å². The second-order valence-electron chi connectivity index (χ2n) is 4.04. The Balaban J connectivity index is 2.27. The number of methoxy groups -OCH3 is 1. The van der Waals surface area contributed by atoms with Crippen LogP contribution in [-0.4, -0.2) is 31.6 Å². The Morgan fingerprint density at radius 2 is 2.00 bits per heavy atom. The van der Waals surface area contributed by atoms with Gasteiger partial charge in [-0.05, 0) is 37.7 Å².